The van der Waals surface area contributed by atoms with Crippen LogP contribution >= 0.6 is 0 Å². The third kappa shape index (κ3) is 3.30. The highest BCUT2D eigenvalue weighted by Gasteiger charge is 2.09. The molecule has 0 bridgehead atoms. The molecule has 1 aromatic heterocycles. The second kappa shape index (κ2) is 7.00. The Hall–Kier alpha value is -3.08. The third-order valence-corrected chi connectivity index (χ3v) is 3.89. The number of fused-ring (bicyclic) bond motifs is 1. The molecular formula is C19H18N2O3. The van der Waals surface area contributed by atoms with Crippen molar-refractivity contribution in [3.8, 4) is 0 Å². The summed E-state index contributed by atoms with van der Waals surface area (Å²) in [5, 5.41) is 7.55. The van der Waals surface area contributed by atoms with Gasteiger partial charge >= 0.3 is 0 Å². The molecular weight excluding hydrogens is 304 g/mol. The van der Waals surface area contributed by atoms with E-state index >= 15 is 0 Å². The van der Waals surface area contributed by atoms with E-state index in [0.29, 0.717) is 24.3 Å². The van der Waals surface area contributed by atoms with E-state index in [0.717, 1.165) is 16.3 Å². The van der Waals surface area contributed by atoms with E-state index in [4.69, 9.17) is 4.42 Å². The van der Waals surface area contributed by atoms with Crippen molar-refractivity contribution < 1.29 is 14.0 Å². The molecule has 0 unspecified atom stereocenters. The number of amides is 2. The van der Waals surface area contributed by atoms with Crippen LogP contribution in [0.3, 0.4) is 0 Å². The normalized spacial score (nSPS) is 10.5. The minimum absolute atomic E-state index is 0.113. The fraction of sp³-hybridized carbons (Fsp3) is 0.158. The van der Waals surface area contributed by atoms with Crippen LogP contribution in [-0.2, 0) is 6.42 Å². The second-order valence-corrected chi connectivity index (χ2v) is 5.42. The summed E-state index contributed by atoms with van der Waals surface area (Å²) in [7, 11) is 1.61. The molecule has 2 aromatic carbocycles. The van der Waals surface area contributed by atoms with E-state index in [9.17, 15) is 9.59 Å². The van der Waals surface area contributed by atoms with Gasteiger partial charge in [0.1, 0.15) is 0 Å². The molecule has 0 fully saturated rings. The lowest BCUT2D eigenvalue weighted by molar-refractivity contribution is 0.0925. The van der Waals surface area contributed by atoms with Crippen LogP contribution in [0, 0.1) is 0 Å². The smallest absolute Gasteiger partial charge is 0.286 e. The SMILES string of the molecule is CNC(=O)c1ccc2cccc(CCNC(=O)c3ccco3)c2c1. The zero-order valence-corrected chi connectivity index (χ0v) is 13.3. The number of carbonyl (C=O) groups excluding carboxylic acids is 2. The number of rotatable bonds is 5. The highest BCUT2D eigenvalue weighted by molar-refractivity contribution is 5.99. The van der Waals surface area contributed by atoms with E-state index < -0.39 is 0 Å². The summed E-state index contributed by atoms with van der Waals surface area (Å²) in [5.41, 5.74) is 1.70. The highest BCUT2D eigenvalue weighted by atomic mass is 16.3. The monoisotopic (exact) mass is 322 g/mol. The maximum atomic E-state index is 11.9. The molecule has 2 amide bonds. The molecule has 0 aliphatic rings. The van der Waals surface area contributed by atoms with Gasteiger partial charge in [-0.25, -0.2) is 0 Å². The third-order valence-electron chi connectivity index (χ3n) is 3.89. The zero-order chi connectivity index (χ0) is 16.9. The summed E-state index contributed by atoms with van der Waals surface area (Å²) in [5.74, 6) is -0.0427. The van der Waals surface area contributed by atoms with Crippen molar-refractivity contribution in [2.45, 2.75) is 6.42 Å². The molecule has 0 saturated carbocycles. The summed E-state index contributed by atoms with van der Waals surface area (Å²) in [4.78, 5) is 23.7. The first-order valence-corrected chi connectivity index (χ1v) is 7.74. The van der Waals surface area contributed by atoms with Gasteiger partial charge in [0.05, 0.1) is 6.26 Å². The van der Waals surface area contributed by atoms with Gasteiger partial charge in [-0.3, -0.25) is 9.59 Å². The lowest BCUT2D eigenvalue weighted by atomic mass is 9.99. The molecule has 0 radical (unpaired) electrons. The number of carbonyl (C=O) groups is 2. The lowest BCUT2D eigenvalue weighted by Gasteiger charge is -2.09. The van der Waals surface area contributed by atoms with Crippen molar-refractivity contribution in [1.29, 1.82) is 0 Å². The molecule has 2 N–H and O–H groups in total. The van der Waals surface area contributed by atoms with Crippen LogP contribution in [0.5, 0.6) is 0 Å². The first kappa shape index (κ1) is 15.8. The molecule has 3 rings (SSSR count). The Labute approximate surface area is 139 Å². The quantitative estimate of drug-likeness (QED) is 0.759. The Morgan fingerprint density at radius 1 is 1.04 bits per heavy atom. The summed E-state index contributed by atoms with van der Waals surface area (Å²) in [6, 6.07) is 14.9. The fourth-order valence-electron chi connectivity index (χ4n) is 2.65. The van der Waals surface area contributed by atoms with Gasteiger partial charge in [-0.15, -0.1) is 0 Å². The minimum Gasteiger partial charge on any atom is -0.459 e. The second-order valence-electron chi connectivity index (χ2n) is 5.42. The molecule has 0 saturated heterocycles. The largest absolute Gasteiger partial charge is 0.459 e. The summed E-state index contributed by atoms with van der Waals surface area (Å²) < 4.78 is 5.07. The number of furan rings is 1. The van der Waals surface area contributed by atoms with Gasteiger partial charge in [0, 0.05) is 19.2 Å². The van der Waals surface area contributed by atoms with E-state index in [-0.39, 0.29) is 11.8 Å². The molecule has 0 spiro atoms. The molecule has 3 aromatic rings. The average molecular weight is 322 g/mol. The molecule has 24 heavy (non-hydrogen) atoms. The Morgan fingerprint density at radius 3 is 2.67 bits per heavy atom. The lowest BCUT2D eigenvalue weighted by Crippen LogP contribution is -2.25. The fourth-order valence-corrected chi connectivity index (χ4v) is 2.65. The van der Waals surface area contributed by atoms with Gasteiger partial charge < -0.3 is 15.1 Å². The van der Waals surface area contributed by atoms with E-state index in [1.807, 2.05) is 36.4 Å². The first-order chi connectivity index (χ1) is 11.7. The molecule has 5 nitrogen and oxygen atoms in total. The van der Waals surface area contributed by atoms with Crippen molar-refractivity contribution in [1.82, 2.24) is 10.6 Å². The molecule has 5 heteroatoms. The molecule has 1 heterocycles. The molecule has 0 aliphatic carbocycles. The van der Waals surface area contributed by atoms with Gasteiger partial charge in [-0.2, -0.15) is 0 Å². The van der Waals surface area contributed by atoms with Crippen molar-refractivity contribution in [2.24, 2.45) is 0 Å². The van der Waals surface area contributed by atoms with Crippen LogP contribution in [0.1, 0.15) is 26.5 Å². The van der Waals surface area contributed by atoms with E-state index in [1.165, 1.54) is 6.26 Å². The van der Waals surface area contributed by atoms with Gasteiger partial charge in [0.2, 0.25) is 0 Å². The van der Waals surface area contributed by atoms with Crippen LogP contribution < -0.4 is 10.6 Å². The summed E-state index contributed by atoms with van der Waals surface area (Å²) in [6.07, 6.45) is 2.14. The Morgan fingerprint density at radius 2 is 1.92 bits per heavy atom. The Kier molecular flexibility index (Phi) is 4.61. The zero-order valence-electron chi connectivity index (χ0n) is 13.3. The van der Waals surface area contributed by atoms with Crippen LogP contribution in [0.2, 0.25) is 0 Å². The number of hydrogen-bond donors (Lipinski definition) is 2. The maximum absolute atomic E-state index is 11.9. The molecule has 0 aliphatic heterocycles. The van der Waals surface area contributed by atoms with Crippen LogP contribution in [0.4, 0.5) is 0 Å². The molecule has 122 valence electrons. The average Bonchev–Trinajstić information content (AvgIpc) is 3.15. The summed E-state index contributed by atoms with van der Waals surface area (Å²) in [6.45, 7) is 0.489. The first-order valence-electron chi connectivity index (χ1n) is 7.74. The van der Waals surface area contributed by atoms with Crippen LogP contribution in [0.15, 0.2) is 59.2 Å². The van der Waals surface area contributed by atoms with Gasteiger partial charge in [0.25, 0.3) is 11.8 Å². The Bertz CT molecular complexity index is 869. The number of hydrogen-bond acceptors (Lipinski definition) is 3. The predicted octanol–water partition coefficient (Wildman–Crippen LogP) is 2.76. The van der Waals surface area contributed by atoms with Crippen molar-refractivity contribution >= 4 is 22.6 Å². The maximum Gasteiger partial charge on any atom is 0.286 e. The number of nitrogens with one attached hydrogen (secondary N) is 2. The highest BCUT2D eigenvalue weighted by Crippen LogP contribution is 2.21. The van der Waals surface area contributed by atoms with E-state index in [2.05, 4.69) is 10.6 Å². The predicted molar refractivity (Wildman–Crippen MR) is 92.1 cm³/mol. The standard InChI is InChI=1S/C19H18N2O3/c1-20-18(22)15-8-7-13-4-2-5-14(16(13)12-15)9-10-21-19(23)17-6-3-11-24-17/h2-8,11-12H,9-10H2,1H3,(H,20,22)(H,21,23). The van der Waals surface area contributed by atoms with Crippen LogP contribution in [0.25, 0.3) is 10.8 Å². The minimum atomic E-state index is -0.230. The topological polar surface area (TPSA) is 71.3 Å². The van der Waals surface area contributed by atoms with Gasteiger partial charge in [0.15, 0.2) is 5.76 Å². The van der Waals surface area contributed by atoms with Crippen LogP contribution in [-0.4, -0.2) is 25.4 Å². The molecule has 0 atom stereocenters. The van der Waals surface area contributed by atoms with Crippen molar-refractivity contribution in [3.05, 3.63) is 71.7 Å². The summed E-state index contributed by atoms with van der Waals surface area (Å²) >= 11 is 0. The number of benzene rings is 2. The van der Waals surface area contributed by atoms with E-state index in [1.54, 1.807) is 19.2 Å². The van der Waals surface area contributed by atoms with Crippen molar-refractivity contribution in [3.63, 3.8) is 0 Å². The van der Waals surface area contributed by atoms with Gasteiger partial charge in [-0.1, -0.05) is 24.3 Å². The van der Waals surface area contributed by atoms with Crippen molar-refractivity contribution in [2.75, 3.05) is 13.6 Å². The Balaban J connectivity index is 1.76. The van der Waals surface area contributed by atoms with Gasteiger partial charge in [-0.05, 0) is 47.0 Å².